The highest BCUT2D eigenvalue weighted by molar-refractivity contribution is 7.09. The van der Waals surface area contributed by atoms with Crippen LogP contribution in [0.5, 0.6) is 17.2 Å². The second-order valence-electron chi connectivity index (χ2n) is 9.79. The van der Waals surface area contributed by atoms with Gasteiger partial charge in [0.15, 0.2) is 11.5 Å². The molecular formula is C31H38N2O5S. The van der Waals surface area contributed by atoms with Gasteiger partial charge in [0.25, 0.3) is 5.91 Å². The van der Waals surface area contributed by atoms with Crippen LogP contribution in [-0.2, 0) is 17.8 Å². The number of carbonyl (C=O) groups excluding carboxylic acids is 2. The largest absolute Gasteiger partial charge is 0.497 e. The Balaban J connectivity index is 1.55. The molecule has 2 aromatic carbocycles. The normalized spacial score (nSPS) is 13.5. The number of ether oxygens (including phenoxy) is 3. The summed E-state index contributed by atoms with van der Waals surface area (Å²) in [5.74, 6) is 1.80. The van der Waals surface area contributed by atoms with Crippen molar-refractivity contribution >= 4 is 23.2 Å². The van der Waals surface area contributed by atoms with Gasteiger partial charge < -0.3 is 24.0 Å². The Kier molecular flexibility index (Phi) is 10.3. The first-order valence-corrected chi connectivity index (χ1v) is 14.4. The van der Waals surface area contributed by atoms with Gasteiger partial charge in [-0.2, -0.15) is 0 Å². The number of amides is 2. The van der Waals surface area contributed by atoms with Gasteiger partial charge >= 0.3 is 0 Å². The highest BCUT2D eigenvalue weighted by Gasteiger charge is 2.30. The molecule has 208 valence electrons. The Hall–Kier alpha value is -3.52. The van der Waals surface area contributed by atoms with E-state index in [1.807, 2.05) is 52.7 Å². The summed E-state index contributed by atoms with van der Waals surface area (Å²) < 4.78 is 16.2. The minimum absolute atomic E-state index is 0.0503. The molecule has 1 heterocycles. The monoisotopic (exact) mass is 550 g/mol. The van der Waals surface area contributed by atoms with Crippen LogP contribution in [0, 0.1) is 0 Å². The summed E-state index contributed by atoms with van der Waals surface area (Å²) in [6, 6.07) is 17.1. The molecule has 7 nitrogen and oxygen atoms in total. The van der Waals surface area contributed by atoms with Gasteiger partial charge in [-0.05, 0) is 66.6 Å². The minimum atomic E-state index is -0.120. The Morgan fingerprint density at radius 2 is 1.69 bits per heavy atom. The van der Waals surface area contributed by atoms with Crippen molar-refractivity contribution in [2.45, 2.75) is 51.1 Å². The van der Waals surface area contributed by atoms with Crippen molar-refractivity contribution in [3.8, 4) is 17.2 Å². The van der Waals surface area contributed by atoms with E-state index in [2.05, 4.69) is 0 Å². The van der Waals surface area contributed by atoms with Gasteiger partial charge in [-0.3, -0.25) is 9.59 Å². The zero-order chi connectivity index (χ0) is 27.6. The van der Waals surface area contributed by atoms with Gasteiger partial charge in [-0.15, -0.1) is 11.3 Å². The molecule has 0 aliphatic heterocycles. The predicted octanol–water partition coefficient (Wildman–Crippen LogP) is 5.82. The molecular weight excluding hydrogens is 512 g/mol. The molecule has 1 aliphatic rings. The van der Waals surface area contributed by atoms with Crippen LogP contribution in [0.1, 0.15) is 52.9 Å². The fraction of sp³-hybridized carbons (Fsp3) is 0.419. The molecule has 0 N–H and O–H groups in total. The van der Waals surface area contributed by atoms with Crippen molar-refractivity contribution < 1.29 is 23.8 Å². The average molecular weight is 551 g/mol. The van der Waals surface area contributed by atoms with Gasteiger partial charge in [-0.25, -0.2) is 0 Å². The lowest BCUT2D eigenvalue weighted by atomic mass is 9.93. The van der Waals surface area contributed by atoms with E-state index in [0.717, 1.165) is 36.1 Å². The van der Waals surface area contributed by atoms with Gasteiger partial charge in [0.05, 0.1) is 27.9 Å². The first-order chi connectivity index (χ1) is 19.0. The van der Waals surface area contributed by atoms with E-state index in [1.165, 1.54) is 6.42 Å². The van der Waals surface area contributed by atoms with E-state index in [4.69, 9.17) is 14.2 Å². The summed E-state index contributed by atoms with van der Waals surface area (Å²) in [4.78, 5) is 32.4. The molecule has 0 bridgehead atoms. The van der Waals surface area contributed by atoms with Gasteiger partial charge in [0.2, 0.25) is 5.91 Å². The van der Waals surface area contributed by atoms with E-state index >= 15 is 0 Å². The molecule has 2 amide bonds. The third kappa shape index (κ3) is 7.53. The number of carbonyl (C=O) groups is 2. The fourth-order valence-electron chi connectivity index (χ4n) is 5.11. The molecule has 0 spiro atoms. The molecule has 0 unspecified atom stereocenters. The van der Waals surface area contributed by atoms with Crippen molar-refractivity contribution in [2.24, 2.45) is 0 Å². The summed E-state index contributed by atoms with van der Waals surface area (Å²) in [5.41, 5.74) is 1.59. The summed E-state index contributed by atoms with van der Waals surface area (Å²) >= 11 is 1.63. The van der Waals surface area contributed by atoms with Crippen molar-refractivity contribution in [3.05, 3.63) is 76.0 Å². The first kappa shape index (κ1) is 28.5. The highest BCUT2D eigenvalue weighted by atomic mass is 32.1. The molecule has 3 aromatic rings. The Morgan fingerprint density at radius 3 is 2.38 bits per heavy atom. The van der Waals surface area contributed by atoms with Crippen LogP contribution in [0.4, 0.5) is 0 Å². The van der Waals surface area contributed by atoms with E-state index in [0.29, 0.717) is 42.3 Å². The first-order valence-electron chi connectivity index (χ1n) is 13.5. The van der Waals surface area contributed by atoms with Crippen LogP contribution in [0.3, 0.4) is 0 Å². The zero-order valence-corrected chi connectivity index (χ0v) is 23.9. The summed E-state index contributed by atoms with van der Waals surface area (Å²) in [6.07, 6.45) is 5.79. The van der Waals surface area contributed by atoms with E-state index in [9.17, 15) is 9.59 Å². The molecule has 0 saturated heterocycles. The molecule has 1 fully saturated rings. The van der Waals surface area contributed by atoms with Gasteiger partial charge in [0.1, 0.15) is 12.3 Å². The fourth-order valence-corrected chi connectivity index (χ4v) is 5.83. The summed E-state index contributed by atoms with van der Waals surface area (Å²) in [6.45, 7) is 1.09. The minimum Gasteiger partial charge on any atom is -0.497 e. The van der Waals surface area contributed by atoms with Crippen molar-refractivity contribution in [2.75, 3.05) is 34.4 Å². The van der Waals surface area contributed by atoms with Crippen LogP contribution in [0.2, 0.25) is 0 Å². The highest BCUT2D eigenvalue weighted by Crippen LogP contribution is 2.28. The Labute approximate surface area is 235 Å². The standard InChI is InChI=1S/C31H38N2O5S/c1-36-26-12-7-9-24(20-26)31(35)33(25-10-5-4-6-11-25)22-30(34)32(21-27-13-8-18-39-27)17-16-23-14-15-28(37-2)29(19-23)38-3/h7-9,12-15,18-20,25H,4-6,10-11,16-17,21-22H2,1-3H3. The number of methoxy groups -OCH3 is 3. The van der Waals surface area contributed by atoms with Gasteiger partial charge in [0, 0.05) is 23.0 Å². The lowest BCUT2D eigenvalue weighted by molar-refractivity contribution is -0.133. The smallest absolute Gasteiger partial charge is 0.254 e. The number of nitrogens with zero attached hydrogens (tertiary/aromatic N) is 2. The lowest BCUT2D eigenvalue weighted by Crippen LogP contribution is -2.48. The topological polar surface area (TPSA) is 68.3 Å². The van der Waals surface area contributed by atoms with Crippen molar-refractivity contribution in [3.63, 3.8) is 0 Å². The number of thiophene rings is 1. The van der Waals surface area contributed by atoms with Crippen LogP contribution in [0.25, 0.3) is 0 Å². The molecule has 39 heavy (non-hydrogen) atoms. The Morgan fingerprint density at radius 1 is 0.897 bits per heavy atom. The second-order valence-corrected chi connectivity index (χ2v) is 10.8. The third-order valence-corrected chi connectivity index (χ3v) is 8.16. The average Bonchev–Trinajstić information content (AvgIpc) is 3.51. The molecule has 0 radical (unpaired) electrons. The molecule has 8 heteroatoms. The molecule has 1 aliphatic carbocycles. The zero-order valence-electron chi connectivity index (χ0n) is 23.1. The third-order valence-electron chi connectivity index (χ3n) is 7.30. The number of rotatable bonds is 12. The number of benzene rings is 2. The maximum Gasteiger partial charge on any atom is 0.254 e. The van der Waals surface area contributed by atoms with Crippen LogP contribution in [0.15, 0.2) is 60.0 Å². The van der Waals surface area contributed by atoms with E-state index < -0.39 is 0 Å². The molecule has 0 atom stereocenters. The van der Waals surface area contributed by atoms with Crippen molar-refractivity contribution in [1.29, 1.82) is 0 Å². The maximum absolute atomic E-state index is 13.9. The van der Waals surface area contributed by atoms with E-state index in [-0.39, 0.29) is 24.4 Å². The lowest BCUT2D eigenvalue weighted by Gasteiger charge is -2.35. The molecule has 1 aromatic heterocycles. The quantitative estimate of drug-likeness (QED) is 0.284. The van der Waals surface area contributed by atoms with E-state index in [1.54, 1.807) is 49.7 Å². The SMILES string of the molecule is COc1cccc(C(=O)N(CC(=O)N(CCc2ccc(OC)c(OC)c2)Cc2cccs2)C2CCCCC2)c1. The summed E-state index contributed by atoms with van der Waals surface area (Å²) in [7, 11) is 4.82. The maximum atomic E-state index is 13.9. The van der Waals surface area contributed by atoms with Gasteiger partial charge in [-0.1, -0.05) is 37.5 Å². The second kappa shape index (κ2) is 14.0. The molecule has 4 rings (SSSR count). The Bertz CT molecular complexity index is 1220. The van der Waals surface area contributed by atoms with Crippen LogP contribution in [-0.4, -0.2) is 62.1 Å². The van der Waals surface area contributed by atoms with Crippen molar-refractivity contribution in [1.82, 2.24) is 9.80 Å². The number of hydrogen-bond donors (Lipinski definition) is 0. The number of hydrogen-bond acceptors (Lipinski definition) is 6. The predicted molar refractivity (Wildman–Crippen MR) is 154 cm³/mol. The molecule has 1 saturated carbocycles. The van der Waals surface area contributed by atoms with Crippen LogP contribution >= 0.6 is 11.3 Å². The van der Waals surface area contributed by atoms with Crippen LogP contribution < -0.4 is 14.2 Å². The summed E-state index contributed by atoms with van der Waals surface area (Å²) in [5, 5.41) is 2.02.